The highest BCUT2D eigenvalue weighted by atomic mass is 35.5. The van der Waals surface area contributed by atoms with E-state index in [1.165, 1.54) is 0 Å². The molecule has 19 heavy (non-hydrogen) atoms. The van der Waals surface area contributed by atoms with Crippen LogP contribution in [0.5, 0.6) is 5.75 Å². The molecule has 2 aromatic rings. The van der Waals surface area contributed by atoms with Crippen LogP contribution < -0.4 is 10.1 Å². The van der Waals surface area contributed by atoms with E-state index in [0.717, 1.165) is 23.6 Å². The number of ether oxygens (including phenoxy) is 1. The van der Waals surface area contributed by atoms with Gasteiger partial charge in [-0.25, -0.2) is 0 Å². The second-order valence-corrected chi connectivity index (χ2v) is 5.14. The van der Waals surface area contributed by atoms with Gasteiger partial charge in [-0.3, -0.25) is 0 Å². The first kappa shape index (κ1) is 14.0. The molecule has 4 heteroatoms. The quantitative estimate of drug-likeness (QED) is 0.867. The van der Waals surface area contributed by atoms with Gasteiger partial charge in [0.2, 0.25) is 0 Å². The summed E-state index contributed by atoms with van der Waals surface area (Å²) in [6, 6.07) is 9.79. The molecule has 1 aromatic carbocycles. The van der Waals surface area contributed by atoms with Crippen LogP contribution in [0, 0.1) is 0 Å². The van der Waals surface area contributed by atoms with Crippen LogP contribution in [0.1, 0.15) is 25.2 Å². The second kappa shape index (κ2) is 6.64. The van der Waals surface area contributed by atoms with Crippen molar-refractivity contribution in [2.24, 2.45) is 0 Å². The van der Waals surface area contributed by atoms with Gasteiger partial charge in [-0.15, -0.1) is 0 Å². The van der Waals surface area contributed by atoms with E-state index in [-0.39, 0.29) is 0 Å². The van der Waals surface area contributed by atoms with Crippen molar-refractivity contribution >= 4 is 11.6 Å². The zero-order valence-corrected chi connectivity index (χ0v) is 11.9. The number of benzene rings is 1. The van der Waals surface area contributed by atoms with Crippen molar-refractivity contribution in [3.8, 4) is 5.75 Å². The van der Waals surface area contributed by atoms with Gasteiger partial charge in [0.15, 0.2) is 0 Å². The molecule has 1 N–H and O–H groups in total. The lowest BCUT2D eigenvalue weighted by Gasteiger charge is -2.05. The molecule has 0 radical (unpaired) electrons. The molecule has 1 aromatic heterocycles. The predicted molar refractivity (Wildman–Crippen MR) is 76.5 cm³/mol. The Hall–Kier alpha value is -1.45. The normalized spacial score (nSPS) is 10.9. The highest BCUT2D eigenvalue weighted by Crippen LogP contribution is 2.19. The number of halogens is 1. The van der Waals surface area contributed by atoms with Crippen molar-refractivity contribution in [2.45, 2.75) is 33.0 Å². The summed E-state index contributed by atoms with van der Waals surface area (Å²) in [5.41, 5.74) is 1.12. The monoisotopic (exact) mass is 279 g/mol. The summed E-state index contributed by atoms with van der Waals surface area (Å²) in [6.07, 6.45) is 1.76. The molecular weight excluding hydrogens is 262 g/mol. The Balaban J connectivity index is 1.86. The highest BCUT2D eigenvalue weighted by Gasteiger charge is 2.04. The molecule has 0 aliphatic carbocycles. The summed E-state index contributed by atoms with van der Waals surface area (Å²) in [5.74, 6) is 1.55. The first-order chi connectivity index (χ1) is 9.13. The van der Waals surface area contributed by atoms with Gasteiger partial charge in [0.1, 0.15) is 18.1 Å². The molecule has 0 aliphatic rings. The van der Waals surface area contributed by atoms with Crippen LogP contribution in [0.2, 0.25) is 5.02 Å². The lowest BCUT2D eigenvalue weighted by Crippen LogP contribution is -2.21. The van der Waals surface area contributed by atoms with Crippen LogP contribution in [0.15, 0.2) is 41.0 Å². The van der Waals surface area contributed by atoms with Crippen LogP contribution in [0.4, 0.5) is 0 Å². The Kier molecular flexibility index (Phi) is 4.88. The zero-order valence-electron chi connectivity index (χ0n) is 11.2. The molecule has 0 spiro atoms. The molecule has 2 rings (SSSR count). The molecule has 102 valence electrons. The summed E-state index contributed by atoms with van der Waals surface area (Å²) < 4.78 is 11.1. The van der Waals surface area contributed by atoms with Gasteiger partial charge in [-0.05, 0) is 24.3 Å². The largest absolute Gasteiger partial charge is 0.486 e. The van der Waals surface area contributed by atoms with Crippen molar-refractivity contribution < 1.29 is 9.15 Å². The maximum atomic E-state index is 5.89. The van der Waals surface area contributed by atoms with E-state index in [0.29, 0.717) is 17.7 Å². The van der Waals surface area contributed by atoms with Crippen LogP contribution in [-0.2, 0) is 13.2 Å². The fourth-order valence-electron chi connectivity index (χ4n) is 1.63. The van der Waals surface area contributed by atoms with Crippen molar-refractivity contribution in [1.29, 1.82) is 0 Å². The molecule has 0 amide bonds. The fraction of sp³-hybridized carbons (Fsp3) is 0.333. The van der Waals surface area contributed by atoms with E-state index in [4.69, 9.17) is 20.8 Å². The predicted octanol–water partition coefficient (Wildman–Crippen LogP) is 4.01. The average molecular weight is 280 g/mol. The number of nitrogens with one attached hydrogen (secondary N) is 1. The minimum absolute atomic E-state index is 0.405. The summed E-state index contributed by atoms with van der Waals surface area (Å²) in [5, 5.41) is 4.00. The summed E-state index contributed by atoms with van der Waals surface area (Å²) >= 11 is 5.89. The van der Waals surface area contributed by atoms with Crippen LogP contribution in [0.3, 0.4) is 0 Å². The van der Waals surface area contributed by atoms with Gasteiger partial charge in [0.25, 0.3) is 0 Å². The lowest BCUT2D eigenvalue weighted by atomic mass is 10.3. The minimum Gasteiger partial charge on any atom is -0.486 e. The summed E-state index contributed by atoms with van der Waals surface area (Å²) in [4.78, 5) is 0. The standard InChI is InChI=1S/C15H18ClNO2/c1-11(2)17-8-12-6-15(18-9-12)10-19-14-5-3-4-13(16)7-14/h3-7,9,11,17H,8,10H2,1-2H3. The Labute approximate surface area is 118 Å². The second-order valence-electron chi connectivity index (χ2n) is 4.70. The molecule has 0 atom stereocenters. The zero-order chi connectivity index (χ0) is 13.7. The van der Waals surface area contributed by atoms with Gasteiger partial charge < -0.3 is 14.5 Å². The molecule has 0 saturated heterocycles. The molecule has 3 nitrogen and oxygen atoms in total. The molecule has 1 heterocycles. The molecule has 0 aliphatic heterocycles. The third kappa shape index (κ3) is 4.62. The summed E-state index contributed by atoms with van der Waals surface area (Å²) in [7, 11) is 0. The van der Waals surface area contributed by atoms with E-state index in [2.05, 4.69) is 19.2 Å². The van der Waals surface area contributed by atoms with Gasteiger partial charge in [-0.2, -0.15) is 0 Å². The van der Waals surface area contributed by atoms with Crippen molar-refractivity contribution in [1.82, 2.24) is 5.32 Å². The highest BCUT2D eigenvalue weighted by molar-refractivity contribution is 6.30. The van der Waals surface area contributed by atoms with Crippen molar-refractivity contribution in [3.05, 3.63) is 52.9 Å². The third-order valence-electron chi connectivity index (χ3n) is 2.60. The van der Waals surface area contributed by atoms with E-state index in [1.807, 2.05) is 24.3 Å². The smallest absolute Gasteiger partial charge is 0.146 e. The Morgan fingerprint density at radius 2 is 2.16 bits per heavy atom. The van der Waals surface area contributed by atoms with Gasteiger partial charge in [-0.1, -0.05) is 31.5 Å². The van der Waals surface area contributed by atoms with Gasteiger partial charge >= 0.3 is 0 Å². The van der Waals surface area contributed by atoms with Crippen LogP contribution >= 0.6 is 11.6 Å². The molecule has 0 unspecified atom stereocenters. The minimum atomic E-state index is 0.405. The van der Waals surface area contributed by atoms with E-state index in [9.17, 15) is 0 Å². The Bertz CT molecular complexity index is 522. The molecule has 0 saturated carbocycles. The molecule has 0 fully saturated rings. The topological polar surface area (TPSA) is 34.4 Å². The van der Waals surface area contributed by atoms with Gasteiger partial charge in [0, 0.05) is 23.2 Å². The van der Waals surface area contributed by atoms with Crippen molar-refractivity contribution in [3.63, 3.8) is 0 Å². The lowest BCUT2D eigenvalue weighted by molar-refractivity contribution is 0.270. The van der Waals surface area contributed by atoms with E-state index < -0.39 is 0 Å². The van der Waals surface area contributed by atoms with Crippen LogP contribution in [-0.4, -0.2) is 6.04 Å². The summed E-state index contributed by atoms with van der Waals surface area (Å²) in [6.45, 7) is 5.44. The number of hydrogen-bond donors (Lipinski definition) is 1. The molecule has 0 bridgehead atoms. The first-order valence-corrected chi connectivity index (χ1v) is 6.69. The van der Waals surface area contributed by atoms with Crippen molar-refractivity contribution in [2.75, 3.05) is 0 Å². The maximum Gasteiger partial charge on any atom is 0.146 e. The number of rotatable bonds is 6. The fourth-order valence-corrected chi connectivity index (χ4v) is 1.81. The van der Waals surface area contributed by atoms with Crippen LogP contribution in [0.25, 0.3) is 0 Å². The average Bonchev–Trinajstić information content (AvgIpc) is 2.82. The molecular formula is C15H18ClNO2. The SMILES string of the molecule is CC(C)NCc1coc(COc2cccc(Cl)c2)c1. The Morgan fingerprint density at radius 1 is 1.32 bits per heavy atom. The number of furan rings is 1. The number of hydrogen-bond acceptors (Lipinski definition) is 3. The van der Waals surface area contributed by atoms with E-state index in [1.54, 1.807) is 12.3 Å². The third-order valence-corrected chi connectivity index (χ3v) is 2.83. The van der Waals surface area contributed by atoms with Gasteiger partial charge in [0.05, 0.1) is 6.26 Å². The maximum absolute atomic E-state index is 5.89. The van der Waals surface area contributed by atoms with E-state index >= 15 is 0 Å². The first-order valence-electron chi connectivity index (χ1n) is 6.31. The Morgan fingerprint density at radius 3 is 2.89 bits per heavy atom.